The molecule has 0 aliphatic rings. The van der Waals surface area contributed by atoms with Crippen molar-refractivity contribution in [2.75, 3.05) is 19.0 Å². The van der Waals surface area contributed by atoms with Crippen LogP contribution in [0.1, 0.15) is 0 Å². The Morgan fingerprint density at radius 3 is 2.47 bits per heavy atom. The normalized spacial score (nSPS) is 11.0. The molecular formula is C18H15N3O7S2. The molecule has 2 aromatic carbocycles. The zero-order valence-corrected chi connectivity index (χ0v) is 17.1. The van der Waals surface area contributed by atoms with Crippen LogP contribution in [0.25, 0.3) is 0 Å². The summed E-state index contributed by atoms with van der Waals surface area (Å²) in [6.07, 6.45) is 1.11. The number of carbonyl (C=O) groups is 1. The first-order valence-corrected chi connectivity index (χ1v) is 10.6. The number of thiazole rings is 1. The van der Waals surface area contributed by atoms with E-state index in [1.165, 1.54) is 7.11 Å². The standard InChI is InChI=1S/C18H15N3O7S2/c1-27-14-4-2-3-5-15(14)28-11-16(22)20-18-19-10-17(29-18)30(25,26)13-8-6-12(7-9-13)21(23)24/h2-10H,11H2,1H3,(H,19,20,22). The molecule has 1 N–H and O–H groups in total. The fourth-order valence-electron chi connectivity index (χ4n) is 2.34. The maximum absolute atomic E-state index is 12.6. The number of amides is 1. The zero-order valence-electron chi connectivity index (χ0n) is 15.5. The fourth-order valence-corrected chi connectivity index (χ4v) is 4.79. The Morgan fingerprint density at radius 2 is 1.83 bits per heavy atom. The minimum Gasteiger partial charge on any atom is -0.493 e. The van der Waals surface area contributed by atoms with Crippen molar-refractivity contribution in [2.24, 2.45) is 0 Å². The van der Waals surface area contributed by atoms with Crippen LogP contribution in [0.2, 0.25) is 0 Å². The summed E-state index contributed by atoms with van der Waals surface area (Å²) in [4.78, 5) is 26.0. The number of carbonyl (C=O) groups excluding carboxylic acids is 1. The van der Waals surface area contributed by atoms with Crippen LogP contribution in [-0.2, 0) is 14.6 Å². The molecule has 3 rings (SSSR count). The molecule has 3 aromatic rings. The van der Waals surface area contributed by atoms with E-state index in [0.29, 0.717) is 11.5 Å². The van der Waals surface area contributed by atoms with Crippen LogP contribution in [0.5, 0.6) is 11.5 Å². The number of ether oxygens (including phenoxy) is 2. The minimum absolute atomic E-state index is 0.0733. The summed E-state index contributed by atoms with van der Waals surface area (Å²) in [5, 5.41) is 13.2. The second-order valence-electron chi connectivity index (χ2n) is 5.73. The van der Waals surface area contributed by atoms with Crippen LogP contribution in [0.3, 0.4) is 0 Å². The van der Waals surface area contributed by atoms with Gasteiger partial charge in [0.2, 0.25) is 9.84 Å². The van der Waals surface area contributed by atoms with Gasteiger partial charge in [0.15, 0.2) is 23.2 Å². The van der Waals surface area contributed by atoms with Crippen molar-refractivity contribution in [3.8, 4) is 11.5 Å². The van der Waals surface area contributed by atoms with E-state index in [-0.39, 0.29) is 26.5 Å². The summed E-state index contributed by atoms with van der Waals surface area (Å²) >= 11 is 0.758. The third-order valence-electron chi connectivity index (χ3n) is 3.78. The number of aromatic nitrogens is 1. The number of benzene rings is 2. The lowest BCUT2D eigenvalue weighted by atomic mass is 10.3. The highest BCUT2D eigenvalue weighted by molar-refractivity contribution is 7.93. The molecule has 0 fully saturated rings. The number of hydrogen-bond donors (Lipinski definition) is 1. The molecule has 0 aliphatic carbocycles. The third kappa shape index (κ3) is 4.72. The van der Waals surface area contributed by atoms with Gasteiger partial charge in [0.05, 0.1) is 23.1 Å². The molecule has 30 heavy (non-hydrogen) atoms. The number of rotatable bonds is 8. The first-order valence-electron chi connectivity index (χ1n) is 8.32. The number of sulfone groups is 1. The molecule has 1 heterocycles. The Kier molecular flexibility index (Phi) is 6.28. The van der Waals surface area contributed by atoms with Crippen LogP contribution in [0.15, 0.2) is 63.8 Å². The van der Waals surface area contributed by atoms with E-state index in [4.69, 9.17) is 9.47 Å². The Labute approximate surface area is 175 Å². The van der Waals surface area contributed by atoms with Crippen molar-refractivity contribution in [3.05, 3.63) is 64.8 Å². The molecule has 0 radical (unpaired) electrons. The third-order valence-corrected chi connectivity index (χ3v) is 6.92. The lowest BCUT2D eigenvalue weighted by molar-refractivity contribution is -0.384. The second kappa shape index (κ2) is 8.88. The molecule has 0 bridgehead atoms. The lowest BCUT2D eigenvalue weighted by Gasteiger charge is -2.09. The van der Waals surface area contributed by atoms with Crippen LogP contribution in [0, 0.1) is 10.1 Å². The van der Waals surface area contributed by atoms with Gasteiger partial charge >= 0.3 is 0 Å². The largest absolute Gasteiger partial charge is 0.493 e. The summed E-state index contributed by atoms with van der Waals surface area (Å²) < 4.78 is 35.7. The Balaban J connectivity index is 1.66. The number of anilines is 1. The maximum atomic E-state index is 12.6. The summed E-state index contributed by atoms with van der Waals surface area (Å²) in [5.41, 5.74) is -0.221. The SMILES string of the molecule is COc1ccccc1OCC(=O)Nc1ncc(S(=O)(=O)c2ccc([N+](=O)[O-])cc2)s1. The van der Waals surface area contributed by atoms with Gasteiger partial charge in [-0.2, -0.15) is 0 Å². The van der Waals surface area contributed by atoms with E-state index in [9.17, 15) is 23.3 Å². The van der Waals surface area contributed by atoms with E-state index in [1.54, 1.807) is 24.3 Å². The zero-order chi connectivity index (χ0) is 21.7. The van der Waals surface area contributed by atoms with E-state index < -0.39 is 20.7 Å². The number of nitro groups is 1. The summed E-state index contributed by atoms with van der Waals surface area (Å²) in [5.74, 6) is 0.321. The number of nitro benzene ring substituents is 1. The molecule has 12 heteroatoms. The summed E-state index contributed by atoms with van der Waals surface area (Å²) in [7, 11) is -2.45. The molecule has 0 spiro atoms. The first-order chi connectivity index (χ1) is 14.3. The molecule has 1 aromatic heterocycles. The number of nitrogens with zero attached hydrogens (tertiary/aromatic N) is 2. The van der Waals surface area contributed by atoms with Gasteiger partial charge in [-0.3, -0.25) is 20.2 Å². The molecule has 156 valence electrons. The Bertz CT molecular complexity index is 1170. The molecule has 1 amide bonds. The average molecular weight is 449 g/mol. The summed E-state index contributed by atoms with van der Waals surface area (Å²) in [6.45, 7) is -0.329. The second-order valence-corrected chi connectivity index (χ2v) is 8.93. The predicted octanol–water partition coefficient (Wildman–Crippen LogP) is 2.91. The number of nitrogens with one attached hydrogen (secondary N) is 1. The van der Waals surface area contributed by atoms with Gasteiger partial charge in [-0.1, -0.05) is 23.5 Å². The Hall–Kier alpha value is -3.51. The monoisotopic (exact) mass is 449 g/mol. The van der Waals surface area contributed by atoms with E-state index in [2.05, 4.69) is 10.3 Å². The van der Waals surface area contributed by atoms with Gasteiger partial charge in [-0.15, -0.1) is 0 Å². The quantitative estimate of drug-likeness (QED) is 0.409. The van der Waals surface area contributed by atoms with Crippen molar-refractivity contribution in [3.63, 3.8) is 0 Å². The van der Waals surface area contributed by atoms with Crippen LogP contribution >= 0.6 is 11.3 Å². The smallest absolute Gasteiger partial charge is 0.269 e. The number of non-ortho nitro benzene ring substituents is 1. The van der Waals surface area contributed by atoms with E-state index in [1.807, 2.05) is 0 Å². The van der Waals surface area contributed by atoms with Gasteiger partial charge in [0.25, 0.3) is 11.6 Å². The molecule has 10 nitrogen and oxygen atoms in total. The van der Waals surface area contributed by atoms with E-state index in [0.717, 1.165) is 41.8 Å². The maximum Gasteiger partial charge on any atom is 0.269 e. The molecule has 0 saturated heterocycles. The minimum atomic E-state index is -3.93. The number of para-hydroxylation sites is 2. The van der Waals surface area contributed by atoms with Crippen LogP contribution in [-0.4, -0.2) is 37.9 Å². The average Bonchev–Trinajstić information content (AvgIpc) is 3.21. The number of hydrogen-bond acceptors (Lipinski definition) is 9. The van der Waals surface area contributed by atoms with Crippen molar-refractivity contribution in [2.45, 2.75) is 9.10 Å². The van der Waals surface area contributed by atoms with Gasteiger partial charge in [0, 0.05) is 12.1 Å². The highest BCUT2D eigenvalue weighted by Gasteiger charge is 2.22. The van der Waals surface area contributed by atoms with Crippen LogP contribution < -0.4 is 14.8 Å². The van der Waals surface area contributed by atoms with Gasteiger partial charge < -0.3 is 9.47 Å². The molecule has 0 atom stereocenters. The fraction of sp³-hybridized carbons (Fsp3) is 0.111. The van der Waals surface area contributed by atoms with Crippen molar-refractivity contribution < 1.29 is 27.6 Å². The van der Waals surface area contributed by atoms with E-state index >= 15 is 0 Å². The summed E-state index contributed by atoms with van der Waals surface area (Å²) in [6, 6.07) is 11.3. The van der Waals surface area contributed by atoms with Crippen molar-refractivity contribution >= 4 is 37.9 Å². The molecule has 0 aliphatic heterocycles. The predicted molar refractivity (Wildman–Crippen MR) is 108 cm³/mol. The molecule has 0 unspecified atom stereocenters. The molecule has 0 saturated carbocycles. The Morgan fingerprint density at radius 1 is 1.17 bits per heavy atom. The van der Waals surface area contributed by atoms with Crippen molar-refractivity contribution in [1.82, 2.24) is 4.98 Å². The van der Waals surface area contributed by atoms with Crippen molar-refractivity contribution in [1.29, 1.82) is 0 Å². The lowest BCUT2D eigenvalue weighted by Crippen LogP contribution is -2.20. The topological polar surface area (TPSA) is 138 Å². The van der Waals surface area contributed by atoms with Crippen LogP contribution in [0.4, 0.5) is 10.8 Å². The first kappa shape index (κ1) is 21.2. The van der Waals surface area contributed by atoms with Gasteiger partial charge in [0.1, 0.15) is 4.21 Å². The van der Waals surface area contributed by atoms with Gasteiger partial charge in [-0.25, -0.2) is 13.4 Å². The molecular weight excluding hydrogens is 434 g/mol. The van der Waals surface area contributed by atoms with Gasteiger partial charge in [-0.05, 0) is 24.3 Å². The number of methoxy groups -OCH3 is 1. The highest BCUT2D eigenvalue weighted by Crippen LogP contribution is 2.30. The highest BCUT2D eigenvalue weighted by atomic mass is 32.2.